The Morgan fingerprint density at radius 3 is 2.74 bits per heavy atom. The molecule has 1 aliphatic carbocycles. The van der Waals surface area contributed by atoms with Gasteiger partial charge in [0.05, 0.1) is 5.92 Å². The van der Waals surface area contributed by atoms with Gasteiger partial charge in [-0.2, -0.15) is 5.10 Å². The maximum Gasteiger partial charge on any atom is 0.307 e. The Morgan fingerprint density at radius 2 is 2.16 bits per heavy atom. The quantitative estimate of drug-likeness (QED) is 0.906. The molecule has 1 aromatic rings. The lowest BCUT2D eigenvalue weighted by molar-refractivity contribution is -0.142. The summed E-state index contributed by atoms with van der Waals surface area (Å²) in [5, 5.41) is 13.8. The average Bonchev–Trinajstić information content (AvgIpc) is 2.81. The maximum atomic E-state index is 11.4. The second-order valence-electron chi connectivity index (χ2n) is 6.24. The van der Waals surface area contributed by atoms with Gasteiger partial charge < -0.3 is 5.11 Å². The van der Waals surface area contributed by atoms with E-state index in [1.807, 2.05) is 7.05 Å². The first-order chi connectivity index (χ1) is 8.88. The molecule has 5 nitrogen and oxygen atoms in total. The van der Waals surface area contributed by atoms with Gasteiger partial charge in [0.15, 0.2) is 5.82 Å². The van der Waals surface area contributed by atoms with Crippen LogP contribution in [0.15, 0.2) is 0 Å². The molecule has 0 bridgehead atoms. The number of hydrogen-bond acceptors (Lipinski definition) is 3. The van der Waals surface area contributed by atoms with E-state index < -0.39 is 5.97 Å². The molecule has 0 amide bonds. The minimum absolute atomic E-state index is 0.00547. The highest BCUT2D eigenvalue weighted by molar-refractivity contribution is 5.71. The smallest absolute Gasteiger partial charge is 0.307 e. The largest absolute Gasteiger partial charge is 0.481 e. The molecule has 5 heteroatoms. The molecule has 0 radical (unpaired) electrons. The van der Waals surface area contributed by atoms with Crippen LogP contribution in [-0.2, 0) is 18.3 Å². The lowest BCUT2D eigenvalue weighted by Gasteiger charge is -2.14. The molecule has 0 aliphatic heterocycles. The fourth-order valence-electron chi connectivity index (χ4n) is 3.08. The normalized spacial score (nSPS) is 27.1. The molecule has 1 aliphatic rings. The summed E-state index contributed by atoms with van der Waals surface area (Å²) in [6.45, 7) is 6.38. The van der Waals surface area contributed by atoms with E-state index in [0.717, 1.165) is 30.9 Å². The number of aryl methyl sites for hydroxylation is 1. The standard InChI is InChI=1S/C14H23N3O2/c1-8(2)5-12-15-13(17(4)16-12)10-6-9(3)7-11(10)14(18)19/h8-11H,5-7H2,1-4H3,(H,18,19). The Morgan fingerprint density at radius 1 is 1.47 bits per heavy atom. The fraction of sp³-hybridized carbons (Fsp3) is 0.786. The molecule has 0 aromatic carbocycles. The Kier molecular flexibility index (Phi) is 3.92. The minimum atomic E-state index is -0.706. The summed E-state index contributed by atoms with van der Waals surface area (Å²) in [4.78, 5) is 16.0. The molecular weight excluding hydrogens is 242 g/mol. The van der Waals surface area contributed by atoms with Crippen LogP contribution in [0.2, 0.25) is 0 Å². The number of carboxylic acid groups (broad SMARTS) is 1. The van der Waals surface area contributed by atoms with Crippen molar-refractivity contribution in [2.75, 3.05) is 0 Å². The average molecular weight is 265 g/mol. The predicted molar refractivity (Wildman–Crippen MR) is 71.8 cm³/mol. The summed E-state index contributed by atoms with van der Waals surface area (Å²) in [6.07, 6.45) is 2.48. The SMILES string of the molecule is CC(C)Cc1nc(C2CC(C)CC2C(=O)O)n(C)n1. The molecule has 3 unspecified atom stereocenters. The van der Waals surface area contributed by atoms with E-state index in [1.54, 1.807) is 4.68 Å². The van der Waals surface area contributed by atoms with E-state index in [4.69, 9.17) is 0 Å². The first kappa shape index (κ1) is 14.0. The molecule has 3 atom stereocenters. The Bertz CT molecular complexity index is 467. The van der Waals surface area contributed by atoms with Gasteiger partial charge in [-0.3, -0.25) is 9.48 Å². The molecule has 2 rings (SSSR count). The van der Waals surface area contributed by atoms with Gasteiger partial charge >= 0.3 is 5.97 Å². The number of carbonyl (C=O) groups is 1. The number of carboxylic acids is 1. The summed E-state index contributed by atoms with van der Waals surface area (Å²) in [5.74, 6) is 1.60. The van der Waals surface area contributed by atoms with Gasteiger partial charge in [0.1, 0.15) is 5.82 Å². The highest BCUT2D eigenvalue weighted by Crippen LogP contribution is 2.42. The second-order valence-corrected chi connectivity index (χ2v) is 6.24. The van der Waals surface area contributed by atoms with Crippen molar-refractivity contribution in [2.45, 2.75) is 46.0 Å². The van der Waals surface area contributed by atoms with Crippen molar-refractivity contribution in [1.82, 2.24) is 14.8 Å². The zero-order chi connectivity index (χ0) is 14.2. The van der Waals surface area contributed by atoms with Crippen molar-refractivity contribution in [3.05, 3.63) is 11.6 Å². The molecule has 0 saturated heterocycles. The van der Waals surface area contributed by atoms with Gasteiger partial charge in [0, 0.05) is 19.4 Å². The van der Waals surface area contributed by atoms with E-state index in [0.29, 0.717) is 11.8 Å². The van der Waals surface area contributed by atoms with Crippen molar-refractivity contribution >= 4 is 5.97 Å². The topological polar surface area (TPSA) is 68.0 Å². The van der Waals surface area contributed by atoms with Crippen molar-refractivity contribution in [2.24, 2.45) is 24.8 Å². The fourth-order valence-corrected chi connectivity index (χ4v) is 3.08. The van der Waals surface area contributed by atoms with Crippen LogP contribution in [0, 0.1) is 17.8 Å². The van der Waals surface area contributed by atoms with Crippen molar-refractivity contribution in [1.29, 1.82) is 0 Å². The van der Waals surface area contributed by atoms with Crippen molar-refractivity contribution in [3.8, 4) is 0 Å². The van der Waals surface area contributed by atoms with Crippen LogP contribution in [-0.4, -0.2) is 25.8 Å². The first-order valence-electron chi connectivity index (χ1n) is 7.01. The predicted octanol–water partition coefficient (Wildman–Crippen LogP) is 2.23. The highest BCUT2D eigenvalue weighted by Gasteiger charge is 2.40. The van der Waals surface area contributed by atoms with Crippen LogP contribution in [0.1, 0.15) is 51.2 Å². The van der Waals surface area contributed by atoms with Crippen LogP contribution in [0.5, 0.6) is 0 Å². The van der Waals surface area contributed by atoms with Crippen LogP contribution < -0.4 is 0 Å². The second kappa shape index (κ2) is 5.31. The summed E-state index contributed by atoms with van der Waals surface area (Å²) in [5.41, 5.74) is 0. The van der Waals surface area contributed by atoms with Crippen molar-refractivity contribution in [3.63, 3.8) is 0 Å². The van der Waals surface area contributed by atoms with Gasteiger partial charge in [-0.05, 0) is 24.7 Å². The molecule has 1 N–H and O–H groups in total. The third-order valence-corrected chi connectivity index (χ3v) is 3.88. The number of hydrogen-bond donors (Lipinski definition) is 1. The maximum absolute atomic E-state index is 11.4. The summed E-state index contributed by atoms with van der Waals surface area (Å²) in [6, 6.07) is 0. The molecule has 0 spiro atoms. The van der Waals surface area contributed by atoms with Gasteiger partial charge in [-0.1, -0.05) is 20.8 Å². The molecule has 106 valence electrons. The third kappa shape index (κ3) is 2.96. The minimum Gasteiger partial charge on any atom is -0.481 e. The number of nitrogens with zero attached hydrogens (tertiary/aromatic N) is 3. The number of aromatic nitrogens is 3. The molecule has 19 heavy (non-hydrogen) atoms. The van der Waals surface area contributed by atoms with E-state index in [2.05, 4.69) is 30.9 Å². The van der Waals surface area contributed by atoms with E-state index in [9.17, 15) is 9.90 Å². The van der Waals surface area contributed by atoms with Crippen LogP contribution in [0.4, 0.5) is 0 Å². The van der Waals surface area contributed by atoms with Gasteiger partial charge in [0.25, 0.3) is 0 Å². The first-order valence-corrected chi connectivity index (χ1v) is 7.01. The Hall–Kier alpha value is -1.39. The van der Waals surface area contributed by atoms with Crippen molar-refractivity contribution < 1.29 is 9.90 Å². The number of aliphatic carboxylic acids is 1. The van der Waals surface area contributed by atoms with Gasteiger partial charge in [-0.15, -0.1) is 0 Å². The zero-order valence-corrected chi connectivity index (χ0v) is 12.1. The zero-order valence-electron chi connectivity index (χ0n) is 12.1. The molecular formula is C14H23N3O2. The lowest BCUT2D eigenvalue weighted by atomic mass is 9.95. The van der Waals surface area contributed by atoms with E-state index in [-0.39, 0.29) is 11.8 Å². The summed E-state index contributed by atoms with van der Waals surface area (Å²) in [7, 11) is 1.87. The van der Waals surface area contributed by atoms with Crippen LogP contribution in [0.25, 0.3) is 0 Å². The van der Waals surface area contributed by atoms with E-state index in [1.165, 1.54) is 0 Å². The summed E-state index contributed by atoms with van der Waals surface area (Å²) >= 11 is 0. The Labute approximate surface area is 114 Å². The monoisotopic (exact) mass is 265 g/mol. The van der Waals surface area contributed by atoms with Gasteiger partial charge in [-0.25, -0.2) is 4.98 Å². The van der Waals surface area contributed by atoms with E-state index >= 15 is 0 Å². The third-order valence-electron chi connectivity index (χ3n) is 3.88. The van der Waals surface area contributed by atoms with Crippen LogP contribution >= 0.6 is 0 Å². The molecule has 1 fully saturated rings. The van der Waals surface area contributed by atoms with Crippen LogP contribution in [0.3, 0.4) is 0 Å². The molecule has 1 aromatic heterocycles. The summed E-state index contributed by atoms with van der Waals surface area (Å²) < 4.78 is 1.77. The highest BCUT2D eigenvalue weighted by atomic mass is 16.4. The van der Waals surface area contributed by atoms with Gasteiger partial charge in [0.2, 0.25) is 0 Å². The molecule has 1 heterocycles. The molecule has 1 saturated carbocycles. The Balaban J connectivity index is 2.25. The lowest BCUT2D eigenvalue weighted by Crippen LogP contribution is -2.19. The number of rotatable bonds is 4.